The average Bonchev–Trinajstić information content (AvgIpc) is 2.20. The van der Waals surface area contributed by atoms with Crippen LogP contribution in [0.5, 0.6) is 0 Å². The molecule has 2 saturated carbocycles. The SMILES string of the molecule is CC1C[C@@H](C)C(C2[C@H](C)CC(C)C[C@@H]2C)[C@@H](C)C1. The van der Waals surface area contributed by atoms with Gasteiger partial charge in [0.25, 0.3) is 0 Å². The minimum Gasteiger partial charge on any atom is -0.0625 e. The van der Waals surface area contributed by atoms with E-state index < -0.39 is 0 Å². The van der Waals surface area contributed by atoms with Crippen molar-refractivity contribution < 1.29 is 0 Å². The number of hydrogen-bond acceptors (Lipinski definition) is 0. The van der Waals surface area contributed by atoms with Crippen LogP contribution in [0.25, 0.3) is 0 Å². The normalized spacial score (nSPS) is 54.3. The molecule has 18 heavy (non-hydrogen) atoms. The van der Waals surface area contributed by atoms with Crippen molar-refractivity contribution in [3.8, 4) is 0 Å². The molecule has 0 heteroatoms. The summed E-state index contributed by atoms with van der Waals surface area (Å²) >= 11 is 0. The third-order valence-corrected chi connectivity index (χ3v) is 6.17. The Bertz CT molecular complexity index is 217. The molecule has 0 aliphatic heterocycles. The zero-order chi connectivity index (χ0) is 13.4. The van der Waals surface area contributed by atoms with Crippen molar-refractivity contribution in [3.05, 3.63) is 0 Å². The zero-order valence-electron chi connectivity index (χ0n) is 13.4. The zero-order valence-corrected chi connectivity index (χ0v) is 13.4. The average molecular weight is 250 g/mol. The Balaban J connectivity index is 2.13. The fourth-order valence-electron chi connectivity index (χ4n) is 6.00. The first-order chi connectivity index (χ1) is 8.40. The van der Waals surface area contributed by atoms with E-state index in [4.69, 9.17) is 0 Å². The van der Waals surface area contributed by atoms with Gasteiger partial charge in [-0.3, -0.25) is 0 Å². The lowest BCUT2D eigenvalue weighted by molar-refractivity contribution is -0.00581. The van der Waals surface area contributed by atoms with Gasteiger partial charge in [0.05, 0.1) is 0 Å². The summed E-state index contributed by atoms with van der Waals surface area (Å²) in [6, 6.07) is 0. The van der Waals surface area contributed by atoms with Crippen molar-refractivity contribution in [1.82, 2.24) is 0 Å². The highest BCUT2D eigenvalue weighted by Gasteiger charge is 2.43. The molecule has 0 bridgehead atoms. The second kappa shape index (κ2) is 5.55. The maximum Gasteiger partial charge on any atom is -0.0329 e. The molecule has 2 rings (SSSR count). The van der Waals surface area contributed by atoms with Crippen molar-refractivity contribution in [2.75, 3.05) is 0 Å². The van der Waals surface area contributed by atoms with E-state index in [0.29, 0.717) is 0 Å². The van der Waals surface area contributed by atoms with Crippen molar-refractivity contribution in [2.45, 2.75) is 67.2 Å². The van der Waals surface area contributed by atoms with E-state index in [2.05, 4.69) is 41.5 Å². The van der Waals surface area contributed by atoms with E-state index >= 15 is 0 Å². The molecule has 2 fully saturated rings. The minimum absolute atomic E-state index is 0.951. The fourth-order valence-corrected chi connectivity index (χ4v) is 6.00. The van der Waals surface area contributed by atoms with Crippen LogP contribution < -0.4 is 0 Å². The number of rotatable bonds is 1. The fraction of sp³-hybridized carbons (Fsp3) is 1.00. The lowest BCUT2D eigenvalue weighted by Gasteiger charge is -2.50. The molecule has 0 heterocycles. The Morgan fingerprint density at radius 3 is 0.889 bits per heavy atom. The van der Waals surface area contributed by atoms with Crippen molar-refractivity contribution >= 4 is 0 Å². The van der Waals surface area contributed by atoms with E-state index in [-0.39, 0.29) is 0 Å². The maximum atomic E-state index is 2.54. The summed E-state index contributed by atoms with van der Waals surface area (Å²) in [5, 5.41) is 0. The first-order valence-corrected chi connectivity index (χ1v) is 8.40. The Kier molecular flexibility index (Phi) is 4.44. The van der Waals surface area contributed by atoms with Gasteiger partial charge in [-0.1, -0.05) is 41.5 Å². The smallest absolute Gasteiger partial charge is 0.0329 e. The van der Waals surface area contributed by atoms with Crippen LogP contribution in [-0.2, 0) is 0 Å². The lowest BCUT2D eigenvalue weighted by Crippen LogP contribution is -2.42. The second-order valence-electron chi connectivity index (χ2n) is 8.22. The van der Waals surface area contributed by atoms with Gasteiger partial charge in [0.1, 0.15) is 0 Å². The van der Waals surface area contributed by atoms with Crippen LogP contribution in [0.4, 0.5) is 0 Å². The molecule has 106 valence electrons. The lowest BCUT2D eigenvalue weighted by atomic mass is 9.56. The van der Waals surface area contributed by atoms with Gasteiger partial charge in [0.15, 0.2) is 0 Å². The molecular weight excluding hydrogens is 216 g/mol. The van der Waals surface area contributed by atoms with Crippen molar-refractivity contribution in [1.29, 1.82) is 0 Å². The van der Waals surface area contributed by atoms with Crippen LogP contribution >= 0.6 is 0 Å². The first kappa shape index (κ1) is 14.4. The quantitative estimate of drug-likeness (QED) is 0.566. The van der Waals surface area contributed by atoms with Crippen LogP contribution in [-0.4, -0.2) is 0 Å². The van der Waals surface area contributed by atoms with Crippen molar-refractivity contribution in [3.63, 3.8) is 0 Å². The van der Waals surface area contributed by atoms with Gasteiger partial charge in [-0.15, -0.1) is 0 Å². The van der Waals surface area contributed by atoms with Crippen LogP contribution in [0.1, 0.15) is 67.2 Å². The van der Waals surface area contributed by atoms with Crippen LogP contribution in [0.15, 0.2) is 0 Å². The standard InChI is InChI=1S/C18H34/c1-11-7-13(3)17(14(4)8-11)18-15(5)9-12(2)10-16(18)6/h11-18H,7-10H2,1-6H3/t11?,12?,13-,14+,15-,16+,17?,18?. The van der Waals surface area contributed by atoms with Gasteiger partial charge in [0, 0.05) is 0 Å². The van der Waals surface area contributed by atoms with E-state index in [0.717, 1.165) is 47.3 Å². The summed E-state index contributed by atoms with van der Waals surface area (Å²) < 4.78 is 0. The Morgan fingerprint density at radius 1 is 0.444 bits per heavy atom. The molecule has 0 amide bonds. The molecule has 0 saturated heterocycles. The molecule has 0 aromatic rings. The highest BCUT2D eigenvalue weighted by molar-refractivity contribution is 4.92. The van der Waals surface area contributed by atoms with E-state index in [1.54, 1.807) is 0 Å². The van der Waals surface area contributed by atoms with Crippen LogP contribution in [0.2, 0.25) is 0 Å². The highest BCUT2D eigenvalue weighted by atomic mass is 14.5. The molecule has 2 aliphatic rings. The van der Waals surface area contributed by atoms with Gasteiger partial charge in [-0.2, -0.15) is 0 Å². The van der Waals surface area contributed by atoms with E-state index in [1.807, 2.05) is 0 Å². The van der Waals surface area contributed by atoms with Gasteiger partial charge in [-0.05, 0) is 73.0 Å². The number of hydrogen-bond donors (Lipinski definition) is 0. The molecule has 0 radical (unpaired) electrons. The van der Waals surface area contributed by atoms with Crippen LogP contribution in [0.3, 0.4) is 0 Å². The Hall–Kier alpha value is 0. The molecule has 0 spiro atoms. The largest absolute Gasteiger partial charge is 0.0625 e. The third-order valence-electron chi connectivity index (χ3n) is 6.17. The molecule has 4 unspecified atom stereocenters. The first-order valence-electron chi connectivity index (χ1n) is 8.40. The molecule has 2 aliphatic carbocycles. The summed E-state index contributed by atoms with van der Waals surface area (Å²) in [7, 11) is 0. The highest BCUT2D eigenvalue weighted by Crippen LogP contribution is 2.50. The predicted octanol–water partition coefficient (Wildman–Crippen LogP) is 5.62. The monoisotopic (exact) mass is 250 g/mol. The summed E-state index contributed by atoms with van der Waals surface area (Å²) in [5.41, 5.74) is 0. The Morgan fingerprint density at radius 2 is 0.667 bits per heavy atom. The molecule has 0 aromatic heterocycles. The summed E-state index contributed by atoms with van der Waals surface area (Å²) in [4.78, 5) is 0. The minimum atomic E-state index is 0.951. The molecular formula is C18H34. The third kappa shape index (κ3) is 2.78. The maximum absolute atomic E-state index is 2.54. The summed E-state index contributed by atoms with van der Waals surface area (Å²) in [6.45, 7) is 15.1. The topological polar surface area (TPSA) is 0 Å². The summed E-state index contributed by atoms with van der Waals surface area (Å²) in [6.07, 6.45) is 5.89. The molecule has 0 nitrogen and oxygen atoms in total. The van der Waals surface area contributed by atoms with Gasteiger partial charge in [0.2, 0.25) is 0 Å². The van der Waals surface area contributed by atoms with Gasteiger partial charge >= 0.3 is 0 Å². The Labute approximate surface area is 115 Å². The predicted molar refractivity (Wildman–Crippen MR) is 80.4 cm³/mol. The molecule has 0 aromatic carbocycles. The summed E-state index contributed by atoms with van der Waals surface area (Å²) in [5.74, 6) is 7.72. The van der Waals surface area contributed by atoms with Gasteiger partial charge < -0.3 is 0 Å². The molecule has 8 atom stereocenters. The second-order valence-corrected chi connectivity index (χ2v) is 8.22. The van der Waals surface area contributed by atoms with Crippen molar-refractivity contribution in [2.24, 2.45) is 47.3 Å². The van der Waals surface area contributed by atoms with E-state index in [9.17, 15) is 0 Å². The van der Waals surface area contributed by atoms with E-state index in [1.165, 1.54) is 25.7 Å². The van der Waals surface area contributed by atoms with Crippen LogP contribution in [0, 0.1) is 47.3 Å². The molecule has 0 N–H and O–H groups in total. The van der Waals surface area contributed by atoms with Gasteiger partial charge in [-0.25, -0.2) is 0 Å².